The van der Waals surface area contributed by atoms with Crippen LogP contribution in [0, 0.1) is 0 Å². The number of sulfonamides is 1. The van der Waals surface area contributed by atoms with E-state index in [1.54, 1.807) is 0 Å². The number of carbonyl (C=O) groups is 2. The summed E-state index contributed by atoms with van der Waals surface area (Å²) < 4.78 is 34.6. The van der Waals surface area contributed by atoms with E-state index in [2.05, 4.69) is 4.74 Å². The van der Waals surface area contributed by atoms with Crippen molar-refractivity contribution in [3.8, 4) is 0 Å². The highest BCUT2D eigenvalue weighted by atomic mass is 32.2. The van der Waals surface area contributed by atoms with Crippen molar-refractivity contribution in [2.45, 2.75) is 25.7 Å². The van der Waals surface area contributed by atoms with Gasteiger partial charge in [0.15, 0.2) is 0 Å². The van der Waals surface area contributed by atoms with Gasteiger partial charge in [-0.2, -0.15) is 0 Å². The van der Waals surface area contributed by atoms with E-state index in [0.717, 1.165) is 31.4 Å². The molecule has 0 aliphatic carbocycles. The molecule has 0 radical (unpaired) electrons. The molecule has 0 bridgehead atoms. The number of rotatable bonds is 7. The summed E-state index contributed by atoms with van der Waals surface area (Å²) in [7, 11) is -2.06. The molecule has 1 aliphatic rings. The Kier molecular flexibility index (Phi) is 7.38. The molecule has 8 heteroatoms. The number of ether oxygens (including phenoxy) is 2. The third-order valence-corrected chi connectivity index (χ3v) is 5.01. The van der Waals surface area contributed by atoms with Crippen molar-refractivity contribution >= 4 is 22.0 Å². The van der Waals surface area contributed by atoms with Crippen LogP contribution < -0.4 is 0 Å². The van der Waals surface area contributed by atoms with Crippen molar-refractivity contribution in [3.05, 3.63) is 12.2 Å². The van der Waals surface area contributed by atoms with Crippen LogP contribution in [-0.4, -0.2) is 57.2 Å². The van der Waals surface area contributed by atoms with Crippen LogP contribution in [0.5, 0.6) is 0 Å². The second kappa shape index (κ2) is 8.78. The highest BCUT2D eigenvalue weighted by molar-refractivity contribution is 7.89. The van der Waals surface area contributed by atoms with Crippen molar-refractivity contribution in [2.75, 3.05) is 32.6 Å². The molecular weight excluding hydrogens is 298 g/mol. The number of hydrogen-bond donors (Lipinski definition) is 0. The molecule has 0 saturated carbocycles. The molecule has 1 rings (SSSR count). The second-order valence-electron chi connectivity index (χ2n) is 4.65. The highest BCUT2D eigenvalue weighted by Gasteiger charge is 2.23. The van der Waals surface area contributed by atoms with Crippen LogP contribution in [-0.2, 0) is 29.1 Å². The molecule has 0 aromatic heterocycles. The summed E-state index contributed by atoms with van der Waals surface area (Å²) in [5.74, 6) is -1.39. The average Bonchev–Trinajstić information content (AvgIpc) is 2.50. The van der Waals surface area contributed by atoms with E-state index in [-0.39, 0.29) is 18.8 Å². The normalized spacial score (nSPS) is 16.8. The summed E-state index contributed by atoms with van der Waals surface area (Å²) in [5, 5.41) is 0. The minimum Gasteiger partial charge on any atom is -0.466 e. The van der Waals surface area contributed by atoms with Gasteiger partial charge in [-0.15, -0.1) is 0 Å². The third kappa shape index (κ3) is 6.72. The Labute approximate surface area is 124 Å². The molecule has 0 spiro atoms. The topological polar surface area (TPSA) is 90.0 Å². The maximum Gasteiger partial charge on any atom is 0.331 e. The van der Waals surface area contributed by atoms with Gasteiger partial charge in [-0.3, -0.25) is 0 Å². The van der Waals surface area contributed by atoms with Gasteiger partial charge in [-0.1, -0.05) is 6.42 Å². The van der Waals surface area contributed by atoms with Crippen molar-refractivity contribution in [3.63, 3.8) is 0 Å². The number of nitrogens with zero attached hydrogens (tertiary/aromatic N) is 1. The molecule has 7 nitrogen and oxygen atoms in total. The smallest absolute Gasteiger partial charge is 0.331 e. The van der Waals surface area contributed by atoms with Crippen molar-refractivity contribution < 1.29 is 27.5 Å². The molecule has 0 aromatic carbocycles. The molecule has 1 heterocycles. The largest absolute Gasteiger partial charge is 0.466 e. The fraction of sp³-hybridized carbons (Fsp3) is 0.692. The van der Waals surface area contributed by atoms with Crippen molar-refractivity contribution in [2.24, 2.45) is 0 Å². The lowest BCUT2D eigenvalue weighted by Crippen LogP contribution is -2.37. The Bertz CT molecular complexity index is 479. The first-order valence-corrected chi connectivity index (χ1v) is 8.47. The van der Waals surface area contributed by atoms with Crippen LogP contribution in [0.2, 0.25) is 0 Å². The lowest BCUT2D eigenvalue weighted by atomic mass is 10.2. The molecule has 0 N–H and O–H groups in total. The van der Waals surface area contributed by atoms with Crippen molar-refractivity contribution in [1.29, 1.82) is 0 Å². The molecule has 120 valence electrons. The first-order chi connectivity index (χ1) is 9.95. The minimum atomic E-state index is -3.26. The molecule has 1 saturated heterocycles. The summed E-state index contributed by atoms with van der Waals surface area (Å²) in [6.07, 6.45) is 4.99. The predicted molar refractivity (Wildman–Crippen MR) is 75.9 cm³/mol. The zero-order valence-electron chi connectivity index (χ0n) is 12.1. The first-order valence-electron chi connectivity index (χ1n) is 6.86. The van der Waals surface area contributed by atoms with Crippen LogP contribution in [0.4, 0.5) is 0 Å². The highest BCUT2D eigenvalue weighted by Crippen LogP contribution is 2.13. The van der Waals surface area contributed by atoms with Gasteiger partial charge in [-0.25, -0.2) is 22.3 Å². The quantitative estimate of drug-likeness (QED) is 0.385. The van der Waals surface area contributed by atoms with Crippen molar-refractivity contribution in [1.82, 2.24) is 4.31 Å². The van der Waals surface area contributed by atoms with E-state index in [4.69, 9.17) is 4.74 Å². The van der Waals surface area contributed by atoms with E-state index in [9.17, 15) is 18.0 Å². The Morgan fingerprint density at radius 1 is 1.10 bits per heavy atom. The molecular formula is C13H21NO6S. The van der Waals surface area contributed by atoms with Gasteiger partial charge in [0.25, 0.3) is 0 Å². The molecule has 1 aliphatic heterocycles. The summed E-state index contributed by atoms with van der Waals surface area (Å²) in [6.45, 7) is 1.14. The molecule has 0 amide bonds. The van der Waals surface area contributed by atoms with Gasteiger partial charge in [-0.05, 0) is 19.3 Å². The standard InChI is InChI=1S/C13H21NO6S/c1-19-12(15)6-7-13(16)20-10-5-11-21(17,18)14-8-3-2-4-9-14/h6-7H,2-5,8-11H2,1H3/b7-6+. The van der Waals surface area contributed by atoms with Gasteiger partial charge in [0, 0.05) is 25.2 Å². The van der Waals surface area contributed by atoms with E-state index in [0.29, 0.717) is 13.1 Å². The average molecular weight is 319 g/mol. The lowest BCUT2D eigenvalue weighted by molar-refractivity contribution is -0.139. The van der Waals surface area contributed by atoms with Crippen LogP contribution in [0.1, 0.15) is 25.7 Å². The van der Waals surface area contributed by atoms with E-state index < -0.39 is 22.0 Å². The number of hydrogen-bond acceptors (Lipinski definition) is 6. The minimum absolute atomic E-state index is 0.00256. The van der Waals surface area contributed by atoms with Crippen LogP contribution in [0.15, 0.2) is 12.2 Å². The number of methoxy groups -OCH3 is 1. The maximum atomic E-state index is 12.0. The van der Waals surface area contributed by atoms with Gasteiger partial charge in [0.1, 0.15) is 0 Å². The van der Waals surface area contributed by atoms with Gasteiger partial charge in [0.2, 0.25) is 10.0 Å². The summed E-state index contributed by atoms with van der Waals surface area (Å²) in [5.41, 5.74) is 0. The van der Waals surface area contributed by atoms with Gasteiger partial charge < -0.3 is 9.47 Å². The maximum absolute atomic E-state index is 12.0. The fourth-order valence-electron chi connectivity index (χ4n) is 1.94. The summed E-state index contributed by atoms with van der Waals surface area (Å²) in [4.78, 5) is 22.0. The summed E-state index contributed by atoms with van der Waals surface area (Å²) >= 11 is 0. The van der Waals surface area contributed by atoms with Gasteiger partial charge in [0.05, 0.1) is 19.5 Å². The zero-order chi connectivity index (χ0) is 15.7. The van der Waals surface area contributed by atoms with Crippen LogP contribution in [0.3, 0.4) is 0 Å². The Morgan fingerprint density at radius 3 is 2.33 bits per heavy atom. The van der Waals surface area contributed by atoms with Crippen LogP contribution in [0.25, 0.3) is 0 Å². The monoisotopic (exact) mass is 319 g/mol. The Balaban J connectivity index is 2.25. The third-order valence-electron chi connectivity index (χ3n) is 3.06. The zero-order valence-corrected chi connectivity index (χ0v) is 12.9. The van der Waals surface area contributed by atoms with E-state index in [1.165, 1.54) is 11.4 Å². The molecule has 0 aromatic rings. The molecule has 1 fully saturated rings. The lowest BCUT2D eigenvalue weighted by Gasteiger charge is -2.25. The molecule has 21 heavy (non-hydrogen) atoms. The van der Waals surface area contributed by atoms with E-state index in [1.807, 2.05) is 0 Å². The second-order valence-corrected chi connectivity index (χ2v) is 6.74. The Hall–Kier alpha value is -1.41. The first kappa shape index (κ1) is 17.6. The van der Waals surface area contributed by atoms with Gasteiger partial charge >= 0.3 is 11.9 Å². The SMILES string of the molecule is COC(=O)/C=C/C(=O)OCCCS(=O)(=O)N1CCCCC1. The number of carbonyl (C=O) groups excluding carboxylic acids is 2. The number of piperidine rings is 1. The Morgan fingerprint density at radius 2 is 1.71 bits per heavy atom. The number of esters is 2. The van der Waals surface area contributed by atoms with E-state index >= 15 is 0 Å². The molecule has 0 atom stereocenters. The predicted octanol–water partition coefficient (Wildman–Crippen LogP) is 0.465. The van der Waals surface area contributed by atoms with Crippen LogP contribution >= 0.6 is 0 Å². The molecule has 0 unspecified atom stereocenters. The fourth-order valence-corrected chi connectivity index (χ4v) is 3.49. The summed E-state index contributed by atoms with van der Waals surface area (Å²) in [6, 6.07) is 0.